The Balaban J connectivity index is 1.91. The minimum absolute atomic E-state index is 0.143. The summed E-state index contributed by atoms with van der Waals surface area (Å²) >= 11 is 0. The summed E-state index contributed by atoms with van der Waals surface area (Å²) in [6, 6.07) is 18.0. The minimum atomic E-state index is -1.81. The van der Waals surface area contributed by atoms with Crippen molar-refractivity contribution in [3.05, 3.63) is 71.8 Å². The molecule has 4 heteroatoms. The fourth-order valence-corrected chi connectivity index (χ4v) is 3.21. The third-order valence-electron chi connectivity index (χ3n) is 4.64. The maximum Gasteiger partial charge on any atom is 0.348 e. The number of hydrogen-bond donors (Lipinski definition) is 2. The van der Waals surface area contributed by atoms with Gasteiger partial charge >= 0.3 is 5.97 Å². The quantitative estimate of drug-likeness (QED) is 0.830. The van der Waals surface area contributed by atoms with Crippen LogP contribution in [0.25, 0.3) is 0 Å². The summed E-state index contributed by atoms with van der Waals surface area (Å²) in [5, 5.41) is 14.7. The van der Waals surface area contributed by atoms with Gasteiger partial charge in [0.15, 0.2) is 0 Å². The van der Waals surface area contributed by atoms with E-state index in [1.807, 2.05) is 19.1 Å². The van der Waals surface area contributed by atoms with Crippen LogP contribution in [0.3, 0.4) is 0 Å². The second kappa shape index (κ2) is 7.16. The van der Waals surface area contributed by atoms with Crippen molar-refractivity contribution in [1.29, 1.82) is 0 Å². The smallest absolute Gasteiger partial charge is 0.348 e. The van der Waals surface area contributed by atoms with Crippen LogP contribution in [0.4, 0.5) is 0 Å². The van der Waals surface area contributed by atoms with Crippen molar-refractivity contribution in [2.75, 3.05) is 6.54 Å². The fourth-order valence-electron chi connectivity index (χ4n) is 3.21. The average Bonchev–Trinajstić information content (AvgIpc) is 3.17. The molecule has 0 amide bonds. The summed E-state index contributed by atoms with van der Waals surface area (Å²) in [5.41, 5.74) is -0.796. The molecule has 24 heavy (non-hydrogen) atoms. The Bertz CT molecular complexity index is 626. The number of benzene rings is 2. The van der Waals surface area contributed by atoms with Gasteiger partial charge in [0, 0.05) is 6.04 Å². The summed E-state index contributed by atoms with van der Waals surface area (Å²) in [6.07, 6.45) is 1.76. The molecule has 2 atom stereocenters. The van der Waals surface area contributed by atoms with Crippen molar-refractivity contribution in [1.82, 2.24) is 5.32 Å². The first-order chi connectivity index (χ1) is 11.6. The van der Waals surface area contributed by atoms with Crippen LogP contribution in [0.2, 0.25) is 0 Å². The normalized spacial score (nSPS) is 19.0. The molecule has 126 valence electrons. The molecule has 0 aromatic heterocycles. The lowest BCUT2D eigenvalue weighted by Gasteiger charge is -2.30. The topological polar surface area (TPSA) is 58.6 Å². The van der Waals surface area contributed by atoms with E-state index in [0.29, 0.717) is 11.1 Å². The van der Waals surface area contributed by atoms with Crippen molar-refractivity contribution in [2.24, 2.45) is 0 Å². The maximum atomic E-state index is 12.9. The first-order valence-corrected chi connectivity index (χ1v) is 8.40. The Labute approximate surface area is 142 Å². The van der Waals surface area contributed by atoms with Gasteiger partial charge in [-0.2, -0.15) is 0 Å². The van der Waals surface area contributed by atoms with Gasteiger partial charge in [-0.1, -0.05) is 60.7 Å². The molecule has 4 nitrogen and oxygen atoms in total. The van der Waals surface area contributed by atoms with E-state index in [1.165, 1.54) is 0 Å². The zero-order valence-corrected chi connectivity index (χ0v) is 13.8. The third kappa shape index (κ3) is 3.21. The Morgan fingerprint density at radius 2 is 1.67 bits per heavy atom. The van der Waals surface area contributed by atoms with Crippen LogP contribution in [0.15, 0.2) is 60.7 Å². The predicted molar refractivity (Wildman–Crippen MR) is 92.5 cm³/mol. The number of nitrogens with one attached hydrogen (secondary N) is 1. The number of ether oxygens (including phenoxy) is 1. The third-order valence-corrected chi connectivity index (χ3v) is 4.64. The molecule has 2 aromatic carbocycles. The minimum Gasteiger partial charge on any atom is -0.458 e. The summed E-state index contributed by atoms with van der Waals surface area (Å²) < 4.78 is 5.66. The van der Waals surface area contributed by atoms with Crippen LogP contribution in [0.1, 0.15) is 30.9 Å². The lowest BCUT2D eigenvalue weighted by atomic mass is 9.86. The van der Waals surface area contributed by atoms with Gasteiger partial charge in [0.05, 0.1) is 0 Å². The van der Waals surface area contributed by atoms with Gasteiger partial charge in [0.2, 0.25) is 5.60 Å². The molecule has 0 aliphatic carbocycles. The van der Waals surface area contributed by atoms with E-state index in [-0.39, 0.29) is 12.1 Å². The van der Waals surface area contributed by atoms with E-state index in [1.54, 1.807) is 48.5 Å². The molecule has 1 aliphatic heterocycles. The van der Waals surface area contributed by atoms with E-state index in [9.17, 15) is 9.90 Å². The highest BCUT2D eigenvalue weighted by atomic mass is 16.6. The van der Waals surface area contributed by atoms with Crippen molar-refractivity contribution >= 4 is 5.97 Å². The molecule has 1 saturated heterocycles. The fraction of sp³-hybridized carbons (Fsp3) is 0.350. The summed E-state index contributed by atoms with van der Waals surface area (Å²) in [5.74, 6) is -0.638. The Hall–Kier alpha value is -2.17. The molecule has 0 bridgehead atoms. The molecule has 0 saturated carbocycles. The Morgan fingerprint density at radius 1 is 1.12 bits per heavy atom. The van der Waals surface area contributed by atoms with E-state index in [0.717, 1.165) is 19.4 Å². The van der Waals surface area contributed by atoms with Crippen LogP contribution < -0.4 is 5.32 Å². The average molecular weight is 325 g/mol. The first-order valence-electron chi connectivity index (χ1n) is 8.40. The van der Waals surface area contributed by atoms with Gasteiger partial charge < -0.3 is 15.2 Å². The highest BCUT2D eigenvalue weighted by Gasteiger charge is 2.43. The molecular formula is C20H23NO3. The SMILES string of the molecule is C[C@@H](OC(=O)C(O)(c1ccccc1)c1ccccc1)C1CCCN1. The molecule has 0 radical (unpaired) electrons. The van der Waals surface area contributed by atoms with Crippen molar-refractivity contribution in [2.45, 2.75) is 37.5 Å². The molecule has 2 N–H and O–H groups in total. The van der Waals surface area contributed by atoms with Crippen molar-refractivity contribution in [3.8, 4) is 0 Å². The van der Waals surface area contributed by atoms with Crippen LogP contribution in [0, 0.1) is 0 Å². The molecular weight excluding hydrogens is 302 g/mol. The van der Waals surface area contributed by atoms with Crippen LogP contribution in [-0.4, -0.2) is 29.8 Å². The molecule has 3 rings (SSSR count). The molecule has 1 heterocycles. The van der Waals surface area contributed by atoms with Gasteiger partial charge in [-0.3, -0.25) is 0 Å². The molecule has 1 fully saturated rings. The van der Waals surface area contributed by atoms with Crippen molar-refractivity contribution < 1.29 is 14.6 Å². The van der Waals surface area contributed by atoms with E-state index in [4.69, 9.17) is 4.74 Å². The molecule has 2 aromatic rings. The standard InChI is InChI=1S/C20H23NO3/c1-15(18-13-8-14-21-18)24-19(22)20(23,16-9-4-2-5-10-16)17-11-6-3-7-12-17/h2-7,9-12,15,18,21,23H,8,13-14H2,1H3/t15-,18?/m1/s1. The number of carbonyl (C=O) groups is 1. The number of carbonyl (C=O) groups excluding carboxylic acids is 1. The van der Waals surface area contributed by atoms with Crippen LogP contribution in [-0.2, 0) is 15.1 Å². The highest BCUT2D eigenvalue weighted by molar-refractivity contribution is 5.85. The van der Waals surface area contributed by atoms with Gasteiger partial charge in [0.25, 0.3) is 0 Å². The Kier molecular flexibility index (Phi) is 4.97. The highest BCUT2D eigenvalue weighted by Crippen LogP contribution is 2.31. The number of aliphatic hydroxyl groups is 1. The summed E-state index contributed by atoms with van der Waals surface area (Å²) in [4.78, 5) is 12.9. The zero-order chi connectivity index (χ0) is 17.0. The predicted octanol–water partition coefficient (Wildman–Crippen LogP) is 2.61. The maximum absolute atomic E-state index is 12.9. The van der Waals surface area contributed by atoms with E-state index >= 15 is 0 Å². The van der Waals surface area contributed by atoms with Gasteiger partial charge in [-0.25, -0.2) is 4.79 Å². The molecule has 0 spiro atoms. The lowest BCUT2D eigenvalue weighted by molar-refractivity contribution is -0.168. The lowest BCUT2D eigenvalue weighted by Crippen LogP contribution is -2.44. The van der Waals surface area contributed by atoms with Crippen LogP contribution in [0.5, 0.6) is 0 Å². The van der Waals surface area contributed by atoms with Gasteiger partial charge in [-0.15, -0.1) is 0 Å². The van der Waals surface area contributed by atoms with Gasteiger partial charge in [-0.05, 0) is 37.4 Å². The second-order valence-electron chi connectivity index (χ2n) is 6.26. The Morgan fingerprint density at radius 3 is 2.12 bits per heavy atom. The van der Waals surface area contributed by atoms with Gasteiger partial charge in [0.1, 0.15) is 6.10 Å². The summed E-state index contributed by atoms with van der Waals surface area (Å²) in [7, 11) is 0. The van der Waals surface area contributed by atoms with Crippen molar-refractivity contribution in [3.63, 3.8) is 0 Å². The van der Waals surface area contributed by atoms with E-state index in [2.05, 4.69) is 5.32 Å². The number of esters is 1. The first kappa shape index (κ1) is 16.7. The second-order valence-corrected chi connectivity index (χ2v) is 6.26. The molecule has 1 unspecified atom stereocenters. The summed E-state index contributed by atoms with van der Waals surface area (Å²) in [6.45, 7) is 2.81. The number of hydrogen-bond acceptors (Lipinski definition) is 4. The number of rotatable bonds is 5. The van der Waals surface area contributed by atoms with Crippen LogP contribution >= 0.6 is 0 Å². The van der Waals surface area contributed by atoms with E-state index < -0.39 is 11.6 Å². The zero-order valence-electron chi connectivity index (χ0n) is 13.8. The molecule has 1 aliphatic rings. The monoisotopic (exact) mass is 325 g/mol. The largest absolute Gasteiger partial charge is 0.458 e.